The highest BCUT2D eigenvalue weighted by atomic mass is 79.9. The largest absolute Gasteiger partial charge is 0.325 e. The molecule has 0 saturated heterocycles. The number of urea groups is 1. The van der Waals surface area contributed by atoms with Crippen molar-refractivity contribution in [3.8, 4) is 0 Å². The number of nitrogens with zero attached hydrogens (tertiary/aromatic N) is 1. The Morgan fingerprint density at radius 2 is 1.88 bits per heavy atom. The van der Waals surface area contributed by atoms with Crippen molar-refractivity contribution in [2.75, 3.05) is 16.9 Å². The van der Waals surface area contributed by atoms with Crippen LogP contribution in [-0.2, 0) is 15.6 Å². The summed E-state index contributed by atoms with van der Waals surface area (Å²) in [5, 5.41) is 5.89. The molecule has 0 bridgehead atoms. The van der Waals surface area contributed by atoms with Crippen molar-refractivity contribution in [3.63, 3.8) is 0 Å². The molecule has 25 heavy (non-hydrogen) atoms. The van der Waals surface area contributed by atoms with Crippen molar-refractivity contribution in [2.24, 2.45) is 0 Å². The first-order valence-corrected chi connectivity index (χ1v) is 10.9. The van der Waals surface area contributed by atoms with Crippen LogP contribution in [0.4, 0.5) is 15.6 Å². The average molecular weight is 440 g/mol. The van der Waals surface area contributed by atoms with Gasteiger partial charge in [0.25, 0.3) is 0 Å². The number of fused-ring (bicyclic) bond motifs is 1. The lowest BCUT2D eigenvalue weighted by Crippen LogP contribution is -2.19. The molecule has 0 unspecified atom stereocenters. The van der Waals surface area contributed by atoms with Crippen LogP contribution in [0, 0.1) is 0 Å². The summed E-state index contributed by atoms with van der Waals surface area (Å²) in [5.74, 6) is -0.0277. The first-order valence-electron chi connectivity index (χ1n) is 7.20. The highest BCUT2D eigenvalue weighted by molar-refractivity contribution is 9.10. The van der Waals surface area contributed by atoms with Gasteiger partial charge in [-0.2, -0.15) is 0 Å². The number of carbonyl (C=O) groups excluding carboxylic acids is 1. The number of nitrogens with one attached hydrogen (secondary N) is 2. The summed E-state index contributed by atoms with van der Waals surface area (Å²) < 4.78 is 24.4. The van der Waals surface area contributed by atoms with E-state index >= 15 is 0 Å². The summed E-state index contributed by atoms with van der Waals surface area (Å²) in [5.41, 5.74) is 2.04. The number of hydrogen-bond donors (Lipinski definition) is 2. The SMILES string of the molecule is CS(=O)(=O)Cc1ccc(NC(=O)Nc2nc3c(Br)cccc3s2)cc1. The van der Waals surface area contributed by atoms with Gasteiger partial charge in [0.05, 0.1) is 16.0 Å². The van der Waals surface area contributed by atoms with Gasteiger partial charge in [-0.25, -0.2) is 18.2 Å². The summed E-state index contributed by atoms with van der Waals surface area (Å²) in [6.45, 7) is 0. The molecule has 0 fully saturated rings. The zero-order valence-corrected chi connectivity index (χ0v) is 16.3. The fourth-order valence-corrected chi connectivity index (χ4v) is 4.49. The molecule has 0 aliphatic carbocycles. The molecule has 1 aromatic heterocycles. The van der Waals surface area contributed by atoms with E-state index in [0.29, 0.717) is 16.4 Å². The highest BCUT2D eigenvalue weighted by Crippen LogP contribution is 2.30. The molecular weight excluding hydrogens is 426 g/mol. The maximum Gasteiger partial charge on any atom is 0.325 e. The Morgan fingerprint density at radius 3 is 2.52 bits per heavy atom. The Balaban J connectivity index is 1.66. The summed E-state index contributed by atoms with van der Waals surface area (Å²) in [6, 6.07) is 12.0. The molecule has 0 spiro atoms. The van der Waals surface area contributed by atoms with Gasteiger partial charge in [0, 0.05) is 16.4 Å². The van der Waals surface area contributed by atoms with Crippen LogP contribution in [0.5, 0.6) is 0 Å². The van der Waals surface area contributed by atoms with Gasteiger partial charge in [-0.15, -0.1) is 0 Å². The lowest BCUT2D eigenvalue weighted by Gasteiger charge is -2.06. The Labute approximate surface area is 157 Å². The fourth-order valence-electron chi connectivity index (χ4n) is 2.21. The summed E-state index contributed by atoms with van der Waals surface area (Å²) >= 11 is 4.81. The quantitative estimate of drug-likeness (QED) is 0.635. The van der Waals surface area contributed by atoms with E-state index in [-0.39, 0.29) is 5.75 Å². The van der Waals surface area contributed by atoms with Crippen LogP contribution in [-0.4, -0.2) is 25.7 Å². The number of benzene rings is 2. The van der Waals surface area contributed by atoms with Gasteiger partial charge in [-0.3, -0.25) is 5.32 Å². The predicted molar refractivity (Wildman–Crippen MR) is 105 cm³/mol. The van der Waals surface area contributed by atoms with Crippen molar-refractivity contribution in [3.05, 3.63) is 52.5 Å². The van der Waals surface area contributed by atoms with Crippen molar-refractivity contribution < 1.29 is 13.2 Å². The van der Waals surface area contributed by atoms with Crippen LogP contribution in [0.15, 0.2) is 46.9 Å². The second-order valence-electron chi connectivity index (χ2n) is 5.45. The molecule has 0 atom stereocenters. The van der Waals surface area contributed by atoms with Gasteiger partial charge >= 0.3 is 6.03 Å². The summed E-state index contributed by atoms with van der Waals surface area (Å²) in [7, 11) is -3.08. The molecule has 9 heteroatoms. The third-order valence-corrected chi connectivity index (χ3v) is 5.66. The molecule has 2 amide bonds. The van der Waals surface area contributed by atoms with E-state index < -0.39 is 15.9 Å². The standard InChI is InChI=1S/C16H14BrN3O3S2/c1-25(22,23)9-10-5-7-11(8-6-10)18-15(21)20-16-19-14-12(17)3-2-4-13(14)24-16/h2-8H,9H2,1H3,(H2,18,19,20,21). The number of aromatic nitrogens is 1. The number of sulfone groups is 1. The summed E-state index contributed by atoms with van der Waals surface area (Å²) in [6.07, 6.45) is 1.18. The van der Waals surface area contributed by atoms with Crippen LogP contribution < -0.4 is 10.6 Å². The molecule has 2 N–H and O–H groups in total. The number of hydrogen-bond acceptors (Lipinski definition) is 5. The number of para-hydroxylation sites is 1. The maximum atomic E-state index is 12.1. The second-order valence-corrected chi connectivity index (χ2v) is 9.48. The Bertz CT molecular complexity index is 1030. The Hall–Kier alpha value is -1.97. The van der Waals surface area contributed by atoms with Gasteiger partial charge in [-0.1, -0.05) is 29.5 Å². The third-order valence-electron chi connectivity index (χ3n) is 3.23. The monoisotopic (exact) mass is 439 g/mol. The molecule has 6 nitrogen and oxygen atoms in total. The van der Waals surface area contributed by atoms with Crippen LogP contribution in [0.3, 0.4) is 0 Å². The molecule has 0 radical (unpaired) electrons. The molecule has 1 heterocycles. The Kier molecular flexibility index (Phi) is 5.07. The molecule has 3 rings (SSSR count). The number of thiazole rings is 1. The van der Waals surface area contributed by atoms with E-state index in [0.717, 1.165) is 14.7 Å². The molecule has 0 aliphatic rings. The number of rotatable bonds is 4. The van der Waals surface area contributed by atoms with Gasteiger partial charge in [0.15, 0.2) is 15.0 Å². The lowest BCUT2D eigenvalue weighted by molar-refractivity contribution is 0.262. The van der Waals surface area contributed by atoms with Crippen LogP contribution >= 0.6 is 27.3 Å². The summed E-state index contributed by atoms with van der Waals surface area (Å²) in [4.78, 5) is 16.5. The van der Waals surface area contributed by atoms with Crippen molar-refractivity contribution in [1.82, 2.24) is 4.98 Å². The topological polar surface area (TPSA) is 88.2 Å². The smallest absolute Gasteiger partial charge is 0.308 e. The maximum absolute atomic E-state index is 12.1. The zero-order valence-electron chi connectivity index (χ0n) is 13.1. The minimum absolute atomic E-state index is 0.0277. The van der Waals surface area contributed by atoms with Gasteiger partial charge in [-0.05, 0) is 45.8 Å². The Morgan fingerprint density at radius 1 is 1.16 bits per heavy atom. The number of anilines is 2. The second kappa shape index (κ2) is 7.11. The van der Waals surface area contributed by atoms with Gasteiger partial charge < -0.3 is 5.32 Å². The number of halogens is 1. The van der Waals surface area contributed by atoms with E-state index in [1.807, 2.05) is 18.2 Å². The predicted octanol–water partition coefficient (Wildman–Crippen LogP) is 4.25. The first kappa shape index (κ1) is 17.8. The van der Waals surface area contributed by atoms with E-state index in [1.165, 1.54) is 17.6 Å². The molecular formula is C16H14BrN3O3S2. The number of amides is 2. The van der Waals surface area contributed by atoms with Crippen LogP contribution in [0.25, 0.3) is 10.2 Å². The molecule has 0 saturated carbocycles. The van der Waals surface area contributed by atoms with Crippen molar-refractivity contribution in [1.29, 1.82) is 0 Å². The van der Waals surface area contributed by atoms with Gasteiger partial charge in [0.1, 0.15) is 0 Å². The molecule has 3 aromatic rings. The zero-order chi connectivity index (χ0) is 18.0. The van der Waals surface area contributed by atoms with E-state index in [1.54, 1.807) is 24.3 Å². The molecule has 130 valence electrons. The average Bonchev–Trinajstić information content (AvgIpc) is 2.91. The van der Waals surface area contributed by atoms with E-state index in [2.05, 4.69) is 31.5 Å². The third kappa shape index (κ3) is 4.77. The first-order chi connectivity index (χ1) is 11.8. The van der Waals surface area contributed by atoms with Gasteiger partial charge in [0.2, 0.25) is 0 Å². The minimum atomic E-state index is -3.08. The minimum Gasteiger partial charge on any atom is -0.308 e. The fraction of sp³-hybridized carbons (Fsp3) is 0.125. The van der Waals surface area contributed by atoms with Crippen molar-refractivity contribution in [2.45, 2.75) is 5.75 Å². The van der Waals surface area contributed by atoms with E-state index in [9.17, 15) is 13.2 Å². The normalized spacial score (nSPS) is 11.4. The van der Waals surface area contributed by atoms with Crippen molar-refractivity contribution >= 4 is 64.2 Å². The molecule has 2 aromatic carbocycles. The lowest BCUT2D eigenvalue weighted by atomic mass is 10.2. The molecule has 0 aliphatic heterocycles. The van der Waals surface area contributed by atoms with E-state index in [4.69, 9.17) is 0 Å². The van der Waals surface area contributed by atoms with Crippen LogP contribution in [0.2, 0.25) is 0 Å². The number of carbonyl (C=O) groups is 1. The van der Waals surface area contributed by atoms with Crippen LogP contribution in [0.1, 0.15) is 5.56 Å². The highest BCUT2D eigenvalue weighted by Gasteiger charge is 2.10.